The minimum Gasteiger partial charge on any atom is -0.365 e. The van der Waals surface area contributed by atoms with E-state index in [9.17, 15) is 4.79 Å². The Hall–Kier alpha value is -0.990. The van der Waals surface area contributed by atoms with Gasteiger partial charge in [-0.2, -0.15) is 0 Å². The van der Waals surface area contributed by atoms with E-state index in [2.05, 4.69) is 4.90 Å². The second-order valence-electron chi connectivity index (χ2n) is 3.67. The quantitative estimate of drug-likeness (QED) is 0.808. The van der Waals surface area contributed by atoms with E-state index in [0.717, 1.165) is 11.3 Å². The molecule has 0 radical (unpaired) electrons. The fourth-order valence-electron chi connectivity index (χ4n) is 1.86. The lowest BCUT2D eigenvalue weighted by atomic mass is 10.0. The highest BCUT2D eigenvalue weighted by atomic mass is 35.5. The molecule has 0 atom stereocenters. The highest BCUT2D eigenvalue weighted by molar-refractivity contribution is 6.36. The van der Waals surface area contributed by atoms with Gasteiger partial charge in [0.2, 0.25) is 0 Å². The Morgan fingerprint density at radius 3 is 2.94 bits per heavy atom. The monoisotopic (exact) mass is 255 g/mol. The molecule has 0 bridgehead atoms. The number of carbonyl (C=O) groups excluding carboxylic acids is 1. The Balaban J connectivity index is 2.31. The number of anilines is 1. The second-order valence-corrected chi connectivity index (χ2v) is 4.37. The zero-order chi connectivity index (χ0) is 11.5. The Labute approximate surface area is 104 Å². The first kappa shape index (κ1) is 11.5. The van der Waals surface area contributed by atoms with Crippen LogP contribution in [-0.4, -0.2) is 18.9 Å². The fourth-order valence-corrected chi connectivity index (χ4v) is 2.07. The van der Waals surface area contributed by atoms with Gasteiger partial charge in [0, 0.05) is 34.8 Å². The van der Waals surface area contributed by atoms with Crippen molar-refractivity contribution in [3.63, 3.8) is 0 Å². The molecule has 0 fully saturated rings. The maximum Gasteiger partial charge on any atom is 0.166 e. The number of fused-ring (bicyclic) bond motifs is 1. The molecule has 2 nitrogen and oxygen atoms in total. The van der Waals surface area contributed by atoms with Crippen molar-refractivity contribution >= 4 is 34.7 Å². The van der Waals surface area contributed by atoms with Gasteiger partial charge in [-0.1, -0.05) is 35.3 Å². The van der Waals surface area contributed by atoms with Crippen LogP contribution in [0.25, 0.3) is 0 Å². The molecular formula is C12H11Cl2NO. The molecule has 84 valence electrons. The minimum atomic E-state index is 0.192. The lowest BCUT2D eigenvalue weighted by Crippen LogP contribution is -2.32. The topological polar surface area (TPSA) is 20.3 Å². The fraction of sp³-hybridized carbons (Fsp3) is 0.250. The lowest BCUT2D eigenvalue weighted by molar-refractivity contribution is 0.0980. The van der Waals surface area contributed by atoms with Crippen LogP contribution < -0.4 is 4.90 Å². The van der Waals surface area contributed by atoms with E-state index in [-0.39, 0.29) is 5.78 Å². The third-order valence-corrected chi connectivity index (χ3v) is 3.22. The largest absolute Gasteiger partial charge is 0.365 e. The Morgan fingerprint density at radius 1 is 1.44 bits per heavy atom. The van der Waals surface area contributed by atoms with E-state index >= 15 is 0 Å². The van der Waals surface area contributed by atoms with Gasteiger partial charge in [-0.05, 0) is 12.1 Å². The standard InChI is InChI=1S/C12H11Cl2NO/c13-7-9(14)8-15-6-5-12(16)10-3-1-2-4-11(10)15/h1-4,7H,5-6,8H2. The van der Waals surface area contributed by atoms with Crippen LogP contribution in [0.2, 0.25) is 0 Å². The minimum absolute atomic E-state index is 0.192. The van der Waals surface area contributed by atoms with Gasteiger partial charge in [0.1, 0.15) is 0 Å². The molecule has 0 N–H and O–H groups in total. The summed E-state index contributed by atoms with van der Waals surface area (Å²) in [7, 11) is 0. The molecule has 0 aromatic heterocycles. The third kappa shape index (κ3) is 2.23. The van der Waals surface area contributed by atoms with Crippen molar-refractivity contribution in [1.82, 2.24) is 0 Å². The average Bonchev–Trinajstić information content (AvgIpc) is 2.33. The van der Waals surface area contributed by atoms with Crippen molar-refractivity contribution in [3.05, 3.63) is 40.4 Å². The molecule has 1 aliphatic rings. The zero-order valence-corrected chi connectivity index (χ0v) is 10.1. The Kier molecular flexibility index (Phi) is 3.52. The molecule has 1 aliphatic heterocycles. The van der Waals surface area contributed by atoms with Gasteiger partial charge in [-0.3, -0.25) is 4.79 Å². The van der Waals surface area contributed by atoms with Gasteiger partial charge in [0.15, 0.2) is 5.78 Å². The number of rotatable bonds is 2. The molecule has 16 heavy (non-hydrogen) atoms. The van der Waals surface area contributed by atoms with Crippen molar-refractivity contribution in [2.45, 2.75) is 6.42 Å². The van der Waals surface area contributed by atoms with Crippen LogP contribution in [0.4, 0.5) is 5.69 Å². The molecule has 0 amide bonds. The number of para-hydroxylation sites is 1. The summed E-state index contributed by atoms with van der Waals surface area (Å²) in [6.45, 7) is 1.24. The van der Waals surface area contributed by atoms with Crippen molar-refractivity contribution < 1.29 is 4.79 Å². The number of halogens is 2. The van der Waals surface area contributed by atoms with E-state index in [1.54, 1.807) is 0 Å². The molecule has 0 saturated heterocycles. The molecule has 1 heterocycles. The van der Waals surface area contributed by atoms with Crippen molar-refractivity contribution in [3.8, 4) is 0 Å². The predicted molar refractivity (Wildman–Crippen MR) is 67.4 cm³/mol. The van der Waals surface area contributed by atoms with Crippen LogP contribution in [0.1, 0.15) is 16.8 Å². The van der Waals surface area contributed by atoms with E-state index in [1.807, 2.05) is 24.3 Å². The first-order valence-electron chi connectivity index (χ1n) is 5.04. The van der Waals surface area contributed by atoms with E-state index in [4.69, 9.17) is 23.2 Å². The molecule has 0 spiro atoms. The number of ketones is 1. The smallest absolute Gasteiger partial charge is 0.166 e. The van der Waals surface area contributed by atoms with Gasteiger partial charge in [0.25, 0.3) is 0 Å². The number of hydrogen-bond acceptors (Lipinski definition) is 2. The highest BCUT2D eigenvalue weighted by Crippen LogP contribution is 2.27. The highest BCUT2D eigenvalue weighted by Gasteiger charge is 2.22. The number of carbonyl (C=O) groups is 1. The van der Waals surface area contributed by atoms with E-state index < -0.39 is 0 Å². The molecule has 1 aromatic carbocycles. The summed E-state index contributed by atoms with van der Waals surface area (Å²) in [5, 5.41) is 0.575. The summed E-state index contributed by atoms with van der Waals surface area (Å²) in [6.07, 6.45) is 0.531. The summed E-state index contributed by atoms with van der Waals surface area (Å²) >= 11 is 11.4. The van der Waals surface area contributed by atoms with Crippen molar-refractivity contribution in [2.24, 2.45) is 0 Å². The van der Waals surface area contributed by atoms with Gasteiger partial charge in [0.05, 0.1) is 6.54 Å². The van der Waals surface area contributed by atoms with E-state index in [1.165, 1.54) is 5.54 Å². The maximum absolute atomic E-state index is 11.7. The number of nitrogens with zero attached hydrogens (tertiary/aromatic N) is 1. The van der Waals surface area contributed by atoms with Gasteiger partial charge in [-0.15, -0.1) is 0 Å². The summed E-state index contributed by atoms with van der Waals surface area (Å²) in [4.78, 5) is 13.8. The number of Topliss-reactive ketones (excluding diaryl/α,β-unsaturated/α-hetero) is 1. The SMILES string of the molecule is O=C1CCN(CC(Cl)=CCl)c2ccccc21. The molecule has 4 heteroatoms. The van der Waals surface area contributed by atoms with Crippen molar-refractivity contribution in [1.29, 1.82) is 0 Å². The number of hydrogen-bond donors (Lipinski definition) is 0. The van der Waals surface area contributed by atoms with Crippen LogP contribution in [0.3, 0.4) is 0 Å². The van der Waals surface area contributed by atoms with Crippen molar-refractivity contribution in [2.75, 3.05) is 18.0 Å². The van der Waals surface area contributed by atoms with Crippen LogP contribution in [0.15, 0.2) is 34.8 Å². The first-order chi connectivity index (χ1) is 7.72. The zero-order valence-electron chi connectivity index (χ0n) is 8.62. The number of benzene rings is 1. The molecule has 1 aromatic rings. The molecule has 2 rings (SSSR count). The van der Waals surface area contributed by atoms with Gasteiger partial charge < -0.3 is 4.90 Å². The Morgan fingerprint density at radius 2 is 2.19 bits per heavy atom. The molecule has 0 aliphatic carbocycles. The maximum atomic E-state index is 11.7. The van der Waals surface area contributed by atoms with E-state index in [0.29, 0.717) is 24.5 Å². The summed E-state index contributed by atoms with van der Waals surface area (Å²) in [6, 6.07) is 7.58. The third-order valence-electron chi connectivity index (χ3n) is 2.61. The normalized spacial score (nSPS) is 16.2. The first-order valence-corrected chi connectivity index (χ1v) is 5.85. The van der Waals surface area contributed by atoms with Gasteiger partial charge >= 0.3 is 0 Å². The van der Waals surface area contributed by atoms with Crippen LogP contribution in [0, 0.1) is 0 Å². The summed E-state index contributed by atoms with van der Waals surface area (Å²) < 4.78 is 0. The molecular weight excluding hydrogens is 245 g/mol. The summed E-state index contributed by atoms with van der Waals surface area (Å²) in [5.41, 5.74) is 3.07. The average molecular weight is 256 g/mol. The molecule has 0 saturated carbocycles. The molecule has 0 unspecified atom stereocenters. The van der Waals surface area contributed by atoms with Crippen LogP contribution in [0.5, 0.6) is 0 Å². The second kappa shape index (κ2) is 4.89. The predicted octanol–water partition coefficient (Wildman–Crippen LogP) is 3.40. The van der Waals surface area contributed by atoms with Gasteiger partial charge in [-0.25, -0.2) is 0 Å². The lowest BCUT2D eigenvalue weighted by Gasteiger charge is -2.30. The Bertz CT molecular complexity index is 442. The summed E-state index contributed by atoms with van der Waals surface area (Å²) in [5.74, 6) is 0.192. The van der Waals surface area contributed by atoms with Crippen LogP contribution >= 0.6 is 23.2 Å². The van der Waals surface area contributed by atoms with Crippen LogP contribution in [-0.2, 0) is 0 Å².